The van der Waals surface area contributed by atoms with Crippen LogP contribution in [-0.4, -0.2) is 9.97 Å². The van der Waals surface area contributed by atoms with Gasteiger partial charge >= 0.3 is 0 Å². The summed E-state index contributed by atoms with van der Waals surface area (Å²) < 4.78 is 5.65. The second kappa shape index (κ2) is 4.94. The van der Waals surface area contributed by atoms with Crippen LogP contribution in [0.15, 0.2) is 23.6 Å². The first-order valence-corrected chi connectivity index (χ1v) is 6.63. The molecule has 0 spiro atoms. The highest BCUT2D eigenvalue weighted by molar-refractivity contribution is 7.09. The molecule has 18 heavy (non-hydrogen) atoms. The molecule has 2 aromatic rings. The van der Waals surface area contributed by atoms with E-state index in [4.69, 9.17) is 10.5 Å². The molecule has 5 heteroatoms. The Morgan fingerprint density at radius 2 is 2.11 bits per heavy atom. The molecule has 0 unspecified atom stereocenters. The molecule has 4 nitrogen and oxygen atoms in total. The Labute approximate surface area is 111 Å². The Hall–Kier alpha value is -1.62. The topological polar surface area (TPSA) is 61.0 Å². The van der Waals surface area contributed by atoms with Crippen molar-refractivity contribution in [2.75, 3.05) is 5.73 Å². The number of ether oxygens (including phenoxy) is 1. The van der Waals surface area contributed by atoms with Crippen molar-refractivity contribution in [1.29, 1.82) is 0 Å². The molecule has 2 aromatic heterocycles. The molecular formula is C13H17N3OS. The van der Waals surface area contributed by atoms with Crippen LogP contribution in [0.2, 0.25) is 0 Å². The minimum Gasteiger partial charge on any atom is -0.472 e. The summed E-state index contributed by atoms with van der Waals surface area (Å²) in [5.74, 6) is 1.67. The predicted molar refractivity (Wildman–Crippen MR) is 73.8 cm³/mol. The lowest BCUT2D eigenvalue weighted by Gasteiger charge is -2.17. The molecular weight excluding hydrogens is 246 g/mol. The van der Waals surface area contributed by atoms with Crippen LogP contribution >= 0.6 is 11.3 Å². The highest BCUT2D eigenvalue weighted by atomic mass is 32.1. The molecule has 0 aliphatic heterocycles. The van der Waals surface area contributed by atoms with Crippen LogP contribution < -0.4 is 10.5 Å². The van der Waals surface area contributed by atoms with E-state index in [9.17, 15) is 0 Å². The lowest BCUT2D eigenvalue weighted by molar-refractivity contribution is 0.293. The normalized spacial score (nSPS) is 11.5. The van der Waals surface area contributed by atoms with Crippen molar-refractivity contribution in [3.8, 4) is 5.88 Å². The fraction of sp³-hybridized carbons (Fsp3) is 0.385. The van der Waals surface area contributed by atoms with Gasteiger partial charge < -0.3 is 10.5 Å². The van der Waals surface area contributed by atoms with Gasteiger partial charge in [-0.1, -0.05) is 26.8 Å². The lowest BCUT2D eigenvalue weighted by Crippen LogP contribution is -2.17. The van der Waals surface area contributed by atoms with Crippen LogP contribution in [0, 0.1) is 0 Å². The van der Waals surface area contributed by atoms with E-state index in [2.05, 4.69) is 9.97 Å². The largest absolute Gasteiger partial charge is 0.472 e. The van der Waals surface area contributed by atoms with E-state index >= 15 is 0 Å². The lowest BCUT2D eigenvalue weighted by atomic mass is 9.96. The third-order valence-corrected chi connectivity index (χ3v) is 3.19. The number of aromatic nitrogens is 2. The summed E-state index contributed by atoms with van der Waals surface area (Å²) in [6.07, 6.45) is 0. The van der Waals surface area contributed by atoms with Crippen LogP contribution in [0.4, 0.5) is 5.82 Å². The minimum atomic E-state index is -0.142. The van der Waals surface area contributed by atoms with Crippen molar-refractivity contribution in [2.45, 2.75) is 32.8 Å². The highest BCUT2D eigenvalue weighted by Gasteiger charge is 2.19. The van der Waals surface area contributed by atoms with Gasteiger partial charge in [0, 0.05) is 16.4 Å². The van der Waals surface area contributed by atoms with E-state index in [0.29, 0.717) is 24.1 Å². The Morgan fingerprint density at radius 3 is 2.72 bits per heavy atom. The summed E-state index contributed by atoms with van der Waals surface area (Å²) in [5.41, 5.74) is 5.63. The molecule has 0 saturated carbocycles. The Kier molecular flexibility index (Phi) is 3.52. The van der Waals surface area contributed by atoms with Crippen LogP contribution in [0.5, 0.6) is 5.88 Å². The number of nitrogen functional groups attached to an aromatic ring is 1. The molecule has 0 fully saturated rings. The van der Waals surface area contributed by atoms with E-state index in [-0.39, 0.29) is 5.41 Å². The smallest absolute Gasteiger partial charge is 0.219 e. The average Bonchev–Trinajstić information content (AvgIpc) is 2.77. The second-order valence-corrected chi connectivity index (χ2v) is 6.10. The maximum absolute atomic E-state index is 5.78. The molecule has 0 aliphatic carbocycles. The van der Waals surface area contributed by atoms with E-state index in [1.54, 1.807) is 17.4 Å². The monoisotopic (exact) mass is 263 g/mol. The van der Waals surface area contributed by atoms with Crippen LogP contribution in [-0.2, 0) is 12.0 Å². The molecule has 0 amide bonds. The van der Waals surface area contributed by atoms with Crippen LogP contribution in [0.25, 0.3) is 0 Å². The first kappa shape index (κ1) is 12.8. The number of hydrogen-bond donors (Lipinski definition) is 1. The van der Waals surface area contributed by atoms with E-state index in [0.717, 1.165) is 4.88 Å². The van der Waals surface area contributed by atoms with Crippen molar-refractivity contribution < 1.29 is 4.74 Å². The zero-order valence-corrected chi connectivity index (χ0v) is 11.6. The van der Waals surface area contributed by atoms with E-state index in [1.807, 2.05) is 38.3 Å². The van der Waals surface area contributed by atoms with Gasteiger partial charge in [0.05, 0.1) is 0 Å². The van der Waals surface area contributed by atoms with Gasteiger partial charge in [-0.15, -0.1) is 11.3 Å². The molecule has 0 saturated heterocycles. The summed E-state index contributed by atoms with van der Waals surface area (Å²) in [6.45, 7) is 6.65. The maximum Gasteiger partial charge on any atom is 0.219 e. The number of hydrogen-bond acceptors (Lipinski definition) is 5. The summed E-state index contributed by atoms with van der Waals surface area (Å²) in [5, 5.41) is 2.02. The molecule has 0 aliphatic rings. The molecule has 2 rings (SSSR count). The fourth-order valence-corrected chi connectivity index (χ4v) is 2.01. The van der Waals surface area contributed by atoms with Gasteiger partial charge in [-0.2, -0.15) is 4.98 Å². The summed E-state index contributed by atoms with van der Waals surface area (Å²) in [6, 6.07) is 5.68. The first-order chi connectivity index (χ1) is 8.45. The van der Waals surface area contributed by atoms with Crippen molar-refractivity contribution in [3.63, 3.8) is 0 Å². The molecule has 0 radical (unpaired) electrons. The van der Waals surface area contributed by atoms with Gasteiger partial charge in [0.2, 0.25) is 5.88 Å². The predicted octanol–water partition coefficient (Wildman–Crippen LogP) is 3.00. The van der Waals surface area contributed by atoms with Crippen molar-refractivity contribution in [3.05, 3.63) is 34.3 Å². The zero-order valence-electron chi connectivity index (χ0n) is 10.8. The van der Waals surface area contributed by atoms with Crippen molar-refractivity contribution >= 4 is 17.2 Å². The molecule has 0 aromatic carbocycles. The third-order valence-electron chi connectivity index (χ3n) is 2.34. The summed E-state index contributed by atoms with van der Waals surface area (Å²) in [7, 11) is 0. The first-order valence-electron chi connectivity index (χ1n) is 5.75. The highest BCUT2D eigenvalue weighted by Crippen LogP contribution is 2.22. The van der Waals surface area contributed by atoms with Gasteiger partial charge in [-0.05, 0) is 11.4 Å². The molecule has 0 bridgehead atoms. The number of nitrogens with two attached hydrogens (primary N) is 1. The SMILES string of the molecule is CC(C)(C)c1nc(N)cc(OCc2cccs2)n1. The minimum absolute atomic E-state index is 0.142. The maximum atomic E-state index is 5.78. The average molecular weight is 263 g/mol. The summed E-state index contributed by atoms with van der Waals surface area (Å²) in [4.78, 5) is 9.79. The van der Waals surface area contributed by atoms with Crippen molar-refractivity contribution in [2.24, 2.45) is 0 Å². The number of thiophene rings is 1. The van der Waals surface area contributed by atoms with Gasteiger partial charge in [0.1, 0.15) is 18.2 Å². The standard InChI is InChI=1S/C13H17N3OS/c1-13(2,3)12-15-10(14)7-11(16-12)17-8-9-5-4-6-18-9/h4-7H,8H2,1-3H3,(H2,14,15,16). The van der Waals surface area contributed by atoms with Gasteiger partial charge in [0.25, 0.3) is 0 Å². The van der Waals surface area contributed by atoms with Gasteiger partial charge in [0.15, 0.2) is 0 Å². The molecule has 96 valence electrons. The fourth-order valence-electron chi connectivity index (χ4n) is 1.39. The summed E-state index contributed by atoms with van der Waals surface area (Å²) >= 11 is 1.66. The third kappa shape index (κ3) is 3.20. The Balaban J connectivity index is 2.15. The Morgan fingerprint density at radius 1 is 1.33 bits per heavy atom. The van der Waals surface area contributed by atoms with Crippen LogP contribution in [0.1, 0.15) is 31.5 Å². The number of nitrogens with zero attached hydrogens (tertiary/aromatic N) is 2. The van der Waals surface area contributed by atoms with Gasteiger partial charge in [-0.3, -0.25) is 0 Å². The molecule has 0 atom stereocenters. The second-order valence-electron chi connectivity index (χ2n) is 5.07. The quantitative estimate of drug-likeness (QED) is 0.924. The van der Waals surface area contributed by atoms with Gasteiger partial charge in [-0.25, -0.2) is 4.98 Å². The van der Waals surface area contributed by atoms with Crippen molar-refractivity contribution in [1.82, 2.24) is 9.97 Å². The zero-order chi connectivity index (χ0) is 13.2. The molecule has 2 N–H and O–H groups in total. The number of rotatable bonds is 3. The number of anilines is 1. The van der Waals surface area contributed by atoms with E-state index < -0.39 is 0 Å². The Bertz CT molecular complexity index is 518. The van der Waals surface area contributed by atoms with E-state index in [1.165, 1.54) is 0 Å². The molecule has 2 heterocycles. The van der Waals surface area contributed by atoms with Crippen LogP contribution in [0.3, 0.4) is 0 Å².